The van der Waals surface area contributed by atoms with E-state index >= 15 is 0 Å². The third kappa shape index (κ3) is 2.59. The van der Waals surface area contributed by atoms with Crippen molar-refractivity contribution in [2.45, 2.75) is 25.8 Å². The van der Waals surface area contributed by atoms with E-state index in [0.717, 1.165) is 36.9 Å². The molecule has 0 bridgehead atoms. The Labute approximate surface area is 121 Å². The third-order valence-corrected chi connectivity index (χ3v) is 3.72. The van der Waals surface area contributed by atoms with Crippen LogP contribution in [-0.4, -0.2) is 21.8 Å². The van der Waals surface area contributed by atoms with Gasteiger partial charge in [0.1, 0.15) is 10.8 Å². The lowest BCUT2D eigenvalue weighted by Gasteiger charge is -2.03. The van der Waals surface area contributed by atoms with Gasteiger partial charge in [-0.3, -0.25) is 9.36 Å². The van der Waals surface area contributed by atoms with Gasteiger partial charge in [0.05, 0.1) is 7.11 Å². The van der Waals surface area contributed by atoms with Crippen LogP contribution in [0.2, 0.25) is 0 Å². The summed E-state index contributed by atoms with van der Waals surface area (Å²) < 4.78 is 6.87. The summed E-state index contributed by atoms with van der Waals surface area (Å²) in [4.78, 5) is 15.6. The predicted molar refractivity (Wildman–Crippen MR) is 80.8 cm³/mol. The minimum atomic E-state index is -0.00445. The standard InChI is InChI=1S/C16H18N2O3/c1-21-14-10-11(6-7-13(14)19)9-12-16(20)18-8-4-2-3-5-15(18)17-12/h5-7,9-10,17,19H,2-4,8H2,1H3/b12-9-. The van der Waals surface area contributed by atoms with E-state index in [1.165, 1.54) is 7.11 Å². The maximum Gasteiger partial charge on any atom is 0.275 e. The van der Waals surface area contributed by atoms with Crippen molar-refractivity contribution in [3.05, 3.63) is 44.9 Å². The second-order valence-corrected chi connectivity index (χ2v) is 5.16. The predicted octanol–water partition coefficient (Wildman–Crippen LogP) is 0.684. The van der Waals surface area contributed by atoms with Crippen molar-refractivity contribution in [2.75, 3.05) is 7.11 Å². The Balaban J connectivity index is 2.13. The zero-order valence-electron chi connectivity index (χ0n) is 11.9. The van der Waals surface area contributed by atoms with Gasteiger partial charge in [0, 0.05) is 6.54 Å². The third-order valence-electron chi connectivity index (χ3n) is 3.72. The Morgan fingerprint density at radius 2 is 2.24 bits per heavy atom. The molecule has 0 amide bonds. The SMILES string of the molecule is COc1cc(/C=c2\[nH]c3n(c2=O)CCCCC=3)ccc1O. The number of nitrogens with zero attached hydrogens (tertiary/aromatic N) is 1. The number of ether oxygens (including phenoxy) is 1. The number of rotatable bonds is 2. The summed E-state index contributed by atoms with van der Waals surface area (Å²) in [6.45, 7) is 0.758. The van der Waals surface area contributed by atoms with Gasteiger partial charge < -0.3 is 14.8 Å². The van der Waals surface area contributed by atoms with Gasteiger partial charge in [0.2, 0.25) is 0 Å². The quantitative estimate of drug-likeness (QED) is 0.853. The smallest absolute Gasteiger partial charge is 0.275 e. The molecular formula is C16H18N2O3. The van der Waals surface area contributed by atoms with Gasteiger partial charge in [0.25, 0.3) is 5.56 Å². The van der Waals surface area contributed by atoms with E-state index in [1.807, 2.05) is 0 Å². The molecule has 0 aliphatic carbocycles. The Kier molecular flexibility index (Phi) is 3.56. The van der Waals surface area contributed by atoms with Crippen LogP contribution in [-0.2, 0) is 6.54 Å². The minimum Gasteiger partial charge on any atom is -0.504 e. The van der Waals surface area contributed by atoms with Crippen molar-refractivity contribution in [3.8, 4) is 11.5 Å². The summed E-state index contributed by atoms with van der Waals surface area (Å²) in [7, 11) is 1.50. The molecule has 0 radical (unpaired) electrons. The van der Waals surface area contributed by atoms with Crippen molar-refractivity contribution in [3.63, 3.8) is 0 Å². The molecule has 0 saturated carbocycles. The normalized spacial score (nSPS) is 15.2. The average Bonchev–Trinajstić information content (AvgIpc) is 2.67. The second kappa shape index (κ2) is 5.52. The molecular weight excluding hydrogens is 268 g/mol. The van der Waals surface area contributed by atoms with Crippen LogP contribution in [0.4, 0.5) is 0 Å². The molecule has 5 heteroatoms. The molecule has 1 aliphatic heterocycles. The van der Waals surface area contributed by atoms with Crippen LogP contribution in [0.25, 0.3) is 12.2 Å². The number of hydrogen-bond donors (Lipinski definition) is 2. The maximum absolute atomic E-state index is 12.4. The van der Waals surface area contributed by atoms with Gasteiger partial charge in [-0.15, -0.1) is 0 Å². The summed E-state index contributed by atoms with van der Waals surface area (Å²) in [5.74, 6) is 0.477. The molecule has 3 rings (SSSR count). The van der Waals surface area contributed by atoms with E-state index in [2.05, 4.69) is 11.1 Å². The summed E-state index contributed by atoms with van der Waals surface area (Å²) in [5.41, 5.74) is 1.68. The van der Waals surface area contributed by atoms with Crippen LogP contribution in [0.1, 0.15) is 24.8 Å². The fraction of sp³-hybridized carbons (Fsp3) is 0.312. The van der Waals surface area contributed by atoms with Crippen LogP contribution in [0, 0.1) is 0 Å². The molecule has 0 fully saturated rings. The highest BCUT2D eigenvalue weighted by Crippen LogP contribution is 2.26. The van der Waals surface area contributed by atoms with E-state index in [9.17, 15) is 9.90 Å². The maximum atomic E-state index is 12.4. The van der Waals surface area contributed by atoms with Crippen LogP contribution in [0.5, 0.6) is 11.5 Å². The number of imidazole rings is 1. The number of H-pyrrole nitrogens is 1. The molecule has 1 aromatic carbocycles. The number of fused-ring (bicyclic) bond motifs is 1. The lowest BCUT2D eigenvalue weighted by Crippen LogP contribution is -2.31. The van der Waals surface area contributed by atoms with Crippen LogP contribution >= 0.6 is 0 Å². The Morgan fingerprint density at radius 3 is 3.05 bits per heavy atom. The molecule has 0 spiro atoms. The largest absolute Gasteiger partial charge is 0.504 e. The van der Waals surface area contributed by atoms with Crippen LogP contribution < -0.4 is 21.1 Å². The topological polar surface area (TPSA) is 67.2 Å². The monoisotopic (exact) mass is 286 g/mol. The first-order valence-corrected chi connectivity index (χ1v) is 7.07. The molecule has 2 aromatic rings. The Morgan fingerprint density at radius 1 is 1.38 bits per heavy atom. The molecule has 1 aliphatic rings. The van der Waals surface area contributed by atoms with Gasteiger partial charge >= 0.3 is 0 Å². The highest BCUT2D eigenvalue weighted by Gasteiger charge is 2.07. The highest BCUT2D eigenvalue weighted by atomic mass is 16.5. The zero-order chi connectivity index (χ0) is 14.8. The summed E-state index contributed by atoms with van der Waals surface area (Å²) in [6, 6.07) is 5.01. The van der Waals surface area contributed by atoms with E-state index in [1.54, 1.807) is 28.8 Å². The van der Waals surface area contributed by atoms with E-state index in [0.29, 0.717) is 11.1 Å². The summed E-state index contributed by atoms with van der Waals surface area (Å²) >= 11 is 0. The van der Waals surface area contributed by atoms with Crippen molar-refractivity contribution in [1.29, 1.82) is 0 Å². The molecule has 110 valence electrons. The first kappa shape index (κ1) is 13.5. The average molecular weight is 286 g/mol. The minimum absolute atomic E-state index is 0.00445. The lowest BCUT2D eigenvalue weighted by atomic mass is 10.2. The number of aromatic hydroxyl groups is 1. The van der Waals surface area contributed by atoms with E-state index in [-0.39, 0.29) is 11.3 Å². The van der Waals surface area contributed by atoms with E-state index < -0.39 is 0 Å². The number of nitrogens with one attached hydrogen (secondary N) is 1. The number of methoxy groups -OCH3 is 1. The fourth-order valence-electron chi connectivity index (χ4n) is 2.60. The molecule has 0 saturated heterocycles. The van der Waals surface area contributed by atoms with Gasteiger partial charge in [-0.1, -0.05) is 6.07 Å². The fourth-order valence-corrected chi connectivity index (χ4v) is 2.60. The molecule has 5 nitrogen and oxygen atoms in total. The molecule has 2 N–H and O–H groups in total. The summed E-state index contributed by atoms with van der Waals surface area (Å²) in [6.07, 6.45) is 6.98. The van der Waals surface area contributed by atoms with Crippen molar-refractivity contribution in [1.82, 2.24) is 9.55 Å². The lowest BCUT2D eigenvalue weighted by molar-refractivity contribution is 0.373. The number of phenolic OH excluding ortho intramolecular Hbond substituents is 1. The second-order valence-electron chi connectivity index (χ2n) is 5.16. The number of aromatic nitrogens is 2. The molecule has 1 aromatic heterocycles. The van der Waals surface area contributed by atoms with Gasteiger partial charge in [-0.05, 0) is 49.1 Å². The van der Waals surface area contributed by atoms with E-state index in [4.69, 9.17) is 4.74 Å². The highest BCUT2D eigenvalue weighted by molar-refractivity contribution is 5.54. The number of phenols is 1. The van der Waals surface area contributed by atoms with Crippen LogP contribution in [0.15, 0.2) is 23.0 Å². The first-order chi connectivity index (χ1) is 10.2. The molecule has 0 atom stereocenters. The van der Waals surface area contributed by atoms with Gasteiger partial charge in [-0.2, -0.15) is 0 Å². The molecule has 2 heterocycles. The van der Waals surface area contributed by atoms with Crippen molar-refractivity contribution >= 4 is 12.2 Å². The Hall–Kier alpha value is -2.43. The van der Waals surface area contributed by atoms with Crippen LogP contribution in [0.3, 0.4) is 0 Å². The summed E-state index contributed by atoms with van der Waals surface area (Å²) in [5, 5.41) is 10.2. The van der Waals surface area contributed by atoms with Crippen molar-refractivity contribution < 1.29 is 9.84 Å². The van der Waals surface area contributed by atoms with Crippen molar-refractivity contribution in [2.24, 2.45) is 0 Å². The van der Waals surface area contributed by atoms with Gasteiger partial charge in [0.15, 0.2) is 11.5 Å². The number of hydrogen-bond acceptors (Lipinski definition) is 3. The van der Waals surface area contributed by atoms with Gasteiger partial charge in [-0.25, -0.2) is 0 Å². The number of benzene rings is 1. The molecule has 0 unspecified atom stereocenters. The first-order valence-electron chi connectivity index (χ1n) is 7.07. The Bertz CT molecular complexity index is 830. The zero-order valence-corrected chi connectivity index (χ0v) is 11.9. The molecule has 21 heavy (non-hydrogen) atoms. The number of aromatic amines is 1.